The summed E-state index contributed by atoms with van der Waals surface area (Å²) >= 11 is 0. The van der Waals surface area contributed by atoms with Gasteiger partial charge in [0, 0.05) is 6.54 Å². The highest BCUT2D eigenvalue weighted by Crippen LogP contribution is 2.28. The van der Waals surface area contributed by atoms with Crippen LogP contribution in [-0.2, 0) is 10.2 Å². The van der Waals surface area contributed by atoms with E-state index in [2.05, 4.69) is 4.72 Å². The zero-order valence-corrected chi connectivity index (χ0v) is 11.5. The Kier molecular flexibility index (Phi) is 4.94. The topological polar surface area (TPSA) is 90.7 Å². The van der Waals surface area contributed by atoms with Crippen molar-refractivity contribution in [2.75, 3.05) is 13.7 Å². The molecule has 0 aliphatic heterocycles. The van der Waals surface area contributed by atoms with Gasteiger partial charge in [-0.1, -0.05) is 6.07 Å². The zero-order chi connectivity index (χ0) is 13.8. The standard InChI is InChI=1S/C11H18N2O4S/c1-8-4-5-10(16-3)11(6-8)17-9(2)7-13-18(12,14)15/h4-6,9,13H,7H2,1-3H3,(H2,12,14,15)/t9-/m1/s1. The summed E-state index contributed by atoms with van der Waals surface area (Å²) in [7, 11) is -2.15. The molecule has 7 heteroatoms. The van der Waals surface area contributed by atoms with Crippen LogP contribution in [0, 0.1) is 6.92 Å². The maximum absolute atomic E-state index is 10.8. The highest BCUT2D eigenvalue weighted by Gasteiger charge is 2.11. The quantitative estimate of drug-likeness (QED) is 0.793. The summed E-state index contributed by atoms with van der Waals surface area (Å²) in [5, 5.41) is 4.84. The lowest BCUT2D eigenvalue weighted by Crippen LogP contribution is -2.37. The second kappa shape index (κ2) is 6.03. The Labute approximate surface area is 107 Å². The summed E-state index contributed by atoms with van der Waals surface area (Å²) in [5.74, 6) is 1.17. The summed E-state index contributed by atoms with van der Waals surface area (Å²) in [6.07, 6.45) is -0.362. The van der Waals surface area contributed by atoms with Crippen molar-refractivity contribution >= 4 is 10.2 Å². The van der Waals surface area contributed by atoms with Crippen molar-refractivity contribution < 1.29 is 17.9 Å². The van der Waals surface area contributed by atoms with Crippen LogP contribution in [0.4, 0.5) is 0 Å². The lowest BCUT2D eigenvalue weighted by atomic mass is 10.2. The Morgan fingerprint density at radius 3 is 2.61 bits per heavy atom. The summed E-state index contributed by atoms with van der Waals surface area (Å²) in [6.45, 7) is 3.76. The fourth-order valence-corrected chi connectivity index (χ4v) is 1.83. The van der Waals surface area contributed by atoms with Gasteiger partial charge in [-0.3, -0.25) is 0 Å². The number of rotatable bonds is 6. The summed E-state index contributed by atoms with van der Waals surface area (Å²) in [5.41, 5.74) is 1.03. The molecule has 0 aromatic heterocycles. The maximum Gasteiger partial charge on any atom is 0.274 e. The van der Waals surface area contributed by atoms with Gasteiger partial charge in [0.15, 0.2) is 11.5 Å². The summed E-state index contributed by atoms with van der Waals surface area (Å²) in [4.78, 5) is 0. The first-order valence-corrected chi connectivity index (χ1v) is 6.95. The van der Waals surface area contributed by atoms with E-state index in [0.29, 0.717) is 11.5 Å². The van der Waals surface area contributed by atoms with Gasteiger partial charge in [-0.15, -0.1) is 0 Å². The molecule has 1 atom stereocenters. The first kappa shape index (κ1) is 14.7. The molecule has 1 aromatic carbocycles. The van der Waals surface area contributed by atoms with Crippen LogP contribution in [0.15, 0.2) is 18.2 Å². The molecular formula is C11H18N2O4S. The van der Waals surface area contributed by atoms with Gasteiger partial charge in [0.2, 0.25) is 0 Å². The summed E-state index contributed by atoms with van der Waals surface area (Å²) < 4.78 is 34.4. The third-order valence-electron chi connectivity index (χ3n) is 2.22. The van der Waals surface area contributed by atoms with E-state index < -0.39 is 10.2 Å². The molecule has 102 valence electrons. The SMILES string of the molecule is COc1ccc(C)cc1O[C@H](C)CNS(N)(=O)=O. The highest BCUT2D eigenvalue weighted by atomic mass is 32.2. The van der Waals surface area contributed by atoms with E-state index in [4.69, 9.17) is 14.6 Å². The van der Waals surface area contributed by atoms with Crippen molar-refractivity contribution in [3.05, 3.63) is 23.8 Å². The van der Waals surface area contributed by atoms with Crippen molar-refractivity contribution in [2.45, 2.75) is 20.0 Å². The van der Waals surface area contributed by atoms with Crippen LogP contribution in [0.1, 0.15) is 12.5 Å². The van der Waals surface area contributed by atoms with Crippen molar-refractivity contribution in [1.29, 1.82) is 0 Å². The number of ether oxygens (including phenoxy) is 2. The predicted octanol–water partition coefficient (Wildman–Crippen LogP) is 0.564. The second-order valence-corrected chi connectivity index (χ2v) is 5.35. The van der Waals surface area contributed by atoms with E-state index in [1.807, 2.05) is 19.1 Å². The van der Waals surface area contributed by atoms with Gasteiger partial charge >= 0.3 is 0 Å². The minimum atomic E-state index is -3.70. The molecule has 0 fully saturated rings. The maximum atomic E-state index is 10.8. The number of methoxy groups -OCH3 is 1. The molecule has 3 N–H and O–H groups in total. The van der Waals surface area contributed by atoms with E-state index in [9.17, 15) is 8.42 Å². The Morgan fingerprint density at radius 1 is 1.39 bits per heavy atom. The molecule has 1 rings (SSSR count). The van der Waals surface area contributed by atoms with E-state index >= 15 is 0 Å². The second-order valence-electron chi connectivity index (χ2n) is 3.98. The van der Waals surface area contributed by atoms with Crippen LogP contribution in [-0.4, -0.2) is 28.2 Å². The fraction of sp³-hybridized carbons (Fsp3) is 0.455. The number of hydrogen-bond acceptors (Lipinski definition) is 4. The number of nitrogens with one attached hydrogen (secondary N) is 1. The molecule has 6 nitrogen and oxygen atoms in total. The van der Waals surface area contributed by atoms with Crippen molar-refractivity contribution in [2.24, 2.45) is 5.14 Å². The van der Waals surface area contributed by atoms with Gasteiger partial charge in [-0.25, -0.2) is 5.14 Å². The molecule has 0 amide bonds. The van der Waals surface area contributed by atoms with Crippen LogP contribution in [0.5, 0.6) is 11.5 Å². The Balaban J connectivity index is 2.69. The van der Waals surface area contributed by atoms with E-state index in [-0.39, 0.29) is 12.6 Å². The van der Waals surface area contributed by atoms with Crippen LogP contribution >= 0.6 is 0 Å². The van der Waals surface area contributed by atoms with Gasteiger partial charge in [0.25, 0.3) is 10.2 Å². The van der Waals surface area contributed by atoms with Crippen LogP contribution < -0.4 is 19.3 Å². The molecule has 0 aliphatic carbocycles. The molecular weight excluding hydrogens is 256 g/mol. The molecule has 0 saturated heterocycles. The molecule has 0 aliphatic rings. The normalized spacial score (nSPS) is 13.1. The average Bonchev–Trinajstić information content (AvgIpc) is 2.26. The van der Waals surface area contributed by atoms with Crippen molar-refractivity contribution in [3.8, 4) is 11.5 Å². The third-order valence-corrected chi connectivity index (χ3v) is 2.79. The first-order chi connectivity index (χ1) is 8.31. The van der Waals surface area contributed by atoms with E-state index in [1.54, 1.807) is 20.1 Å². The van der Waals surface area contributed by atoms with Gasteiger partial charge in [0.1, 0.15) is 6.10 Å². The van der Waals surface area contributed by atoms with Gasteiger partial charge in [0.05, 0.1) is 7.11 Å². The molecule has 0 unspecified atom stereocenters. The Morgan fingerprint density at radius 2 is 2.06 bits per heavy atom. The Bertz CT molecular complexity index is 502. The number of aryl methyl sites for hydroxylation is 1. The van der Waals surface area contributed by atoms with Gasteiger partial charge in [-0.05, 0) is 31.5 Å². The zero-order valence-electron chi connectivity index (χ0n) is 10.6. The highest BCUT2D eigenvalue weighted by molar-refractivity contribution is 7.87. The minimum Gasteiger partial charge on any atom is -0.493 e. The molecule has 0 radical (unpaired) electrons. The smallest absolute Gasteiger partial charge is 0.274 e. The van der Waals surface area contributed by atoms with Crippen molar-refractivity contribution in [1.82, 2.24) is 4.72 Å². The monoisotopic (exact) mass is 274 g/mol. The minimum absolute atomic E-state index is 0.0932. The van der Waals surface area contributed by atoms with E-state index in [1.165, 1.54) is 0 Å². The van der Waals surface area contributed by atoms with Crippen LogP contribution in [0.2, 0.25) is 0 Å². The average molecular weight is 274 g/mol. The van der Waals surface area contributed by atoms with Crippen LogP contribution in [0.25, 0.3) is 0 Å². The van der Waals surface area contributed by atoms with Crippen LogP contribution in [0.3, 0.4) is 0 Å². The largest absolute Gasteiger partial charge is 0.493 e. The van der Waals surface area contributed by atoms with Crippen molar-refractivity contribution in [3.63, 3.8) is 0 Å². The lowest BCUT2D eigenvalue weighted by molar-refractivity contribution is 0.214. The fourth-order valence-electron chi connectivity index (χ4n) is 1.37. The van der Waals surface area contributed by atoms with E-state index in [0.717, 1.165) is 5.56 Å². The predicted molar refractivity (Wildman–Crippen MR) is 68.9 cm³/mol. The molecule has 0 spiro atoms. The number of nitrogens with two attached hydrogens (primary N) is 1. The van der Waals surface area contributed by atoms with Gasteiger partial charge < -0.3 is 9.47 Å². The molecule has 0 heterocycles. The first-order valence-electron chi connectivity index (χ1n) is 5.40. The third kappa shape index (κ3) is 4.91. The lowest BCUT2D eigenvalue weighted by Gasteiger charge is -2.17. The molecule has 0 saturated carbocycles. The molecule has 18 heavy (non-hydrogen) atoms. The number of hydrogen-bond donors (Lipinski definition) is 2. The molecule has 0 bridgehead atoms. The Hall–Kier alpha value is -1.31. The number of benzene rings is 1. The summed E-state index contributed by atoms with van der Waals surface area (Å²) in [6, 6.07) is 5.52. The molecule has 1 aromatic rings. The van der Waals surface area contributed by atoms with Gasteiger partial charge in [-0.2, -0.15) is 13.1 Å².